The van der Waals surface area contributed by atoms with Crippen molar-refractivity contribution >= 4 is 17.0 Å². The third kappa shape index (κ3) is 1.56. The zero-order chi connectivity index (χ0) is 9.97. The van der Waals surface area contributed by atoms with Crippen LogP contribution < -0.4 is 0 Å². The van der Waals surface area contributed by atoms with E-state index in [1.165, 1.54) is 0 Å². The summed E-state index contributed by atoms with van der Waals surface area (Å²) in [5.41, 5.74) is 1.97. The molecule has 72 valence electrons. The molecule has 0 saturated heterocycles. The Balaban J connectivity index is 2.58. The van der Waals surface area contributed by atoms with Crippen LogP contribution in [0.25, 0.3) is 17.0 Å². The van der Waals surface area contributed by atoms with Crippen LogP contribution >= 0.6 is 0 Å². The van der Waals surface area contributed by atoms with E-state index < -0.39 is 0 Å². The van der Waals surface area contributed by atoms with Gasteiger partial charge in [-0.1, -0.05) is 24.3 Å². The van der Waals surface area contributed by atoms with Crippen LogP contribution in [0.5, 0.6) is 0 Å². The summed E-state index contributed by atoms with van der Waals surface area (Å²) in [4.78, 5) is 0. The van der Waals surface area contributed by atoms with Gasteiger partial charge in [0.2, 0.25) is 0 Å². The van der Waals surface area contributed by atoms with Gasteiger partial charge in [-0.15, -0.1) is 0 Å². The van der Waals surface area contributed by atoms with E-state index in [1.807, 2.05) is 37.3 Å². The van der Waals surface area contributed by atoms with E-state index in [4.69, 9.17) is 9.52 Å². The molecule has 1 aromatic heterocycles. The maximum absolute atomic E-state index is 8.69. The average molecular weight is 188 g/mol. The molecule has 2 rings (SSSR count). The van der Waals surface area contributed by atoms with Gasteiger partial charge in [0.1, 0.15) is 11.3 Å². The summed E-state index contributed by atoms with van der Waals surface area (Å²) in [5, 5.41) is 9.79. The third-order valence-corrected chi connectivity index (χ3v) is 2.12. The van der Waals surface area contributed by atoms with Crippen molar-refractivity contribution in [1.29, 1.82) is 0 Å². The van der Waals surface area contributed by atoms with Crippen LogP contribution in [0, 0.1) is 6.92 Å². The summed E-state index contributed by atoms with van der Waals surface area (Å²) in [7, 11) is 0. The topological polar surface area (TPSA) is 33.4 Å². The largest absolute Gasteiger partial charge is 0.461 e. The molecule has 0 radical (unpaired) electrons. The zero-order valence-electron chi connectivity index (χ0n) is 8.03. The number of hydrogen-bond donors (Lipinski definition) is 1. The molecule has 0 aliphatic rings. The molecule has 0 saturated carbocycles. The molecular weight excluding hydrogens is 176 g/mol. The van der Waals surface area contributed by atoms with Gasteiger partial charge in [0.05, 0.1) is 6.61 Å². The van der Waals surface area contributed by atoms with Gasteiger partial charge in [-0.3, -0.25) is 0 Å². The second kappa shape index (κ2) is 3.68. The lowest BCUT2D eigenvalue weighted by molar-refractivity contribution is 0.343. The Kier molecular flexibility index (Phi) is 2.37. The SMILES string of the molecule is Cc1cc2c(C=CCO)cccc2o1. The molecule has 0 aliphatic heterocycles. The lowest BCUT2D eigenvalue weighted by Crippen LogP contribution is -1.75. The van der Waals surface area contributed by atoms with Crippen LogP contribution in [0.15, 0.2) is 34.8 Å². The maximum atomic E-state index is 8.69. The highest BCUT2D eigenvalue weighted by Crippen LogP contribution is 2.23. The Morgan fingerprint density at radius 1 is 1.43 bits per heavy atom. The Labute approximate surface area is 82.5 Å². The Morgan fingerprint density at radius 3 is 3.07 bits per heavy atom. The lowest BCUT2D eigenvalue weighted by Gasteiger charge is -1.93. The minimum Gasteiger partial charge on any atom is -0.461 e. The van der Waals surface area contributed by atoms with E-state index in [0.29, 0.717) is 0 Å². The Hall–Kier alpha value is -1.54. The molecule has 0 unspecified atom stereocenters. The van der Waals surface area contributed by atoms with Crippen molar-refractivity contribution in [2.24, 2.45) is 0 Å². The van der Waals surface area contributed by atoms with Crippen LogP contribution in [0.2, 0.25) is 0 Å². The molecular formula is C12H12O2. The quantitative estimate of drug-likeness (QED) is 0.786. The Bertz CT molecular complexity index is 466. The highest BCUT2D eigenvalue weighted by molar-refractivity contribution is 5.87. The van der Waals surface area contributed by atoms with E-state index >= 15 is 0 Å². The van der Waals surface area contributed by atoms with Crippen molar-refractivity contribution in [3.8, 4) is 0 Å². The molecule has 0 spiro atoms. The number of rotatable bonds is 2. The highest BCUT2D eigenvalue weighted by atomic mass is 16.3. The standard InChI is InChI=1S/C12H12O2/c1-9-8-11-10(5-3-7-13)4-2-6-12(11)14-9/h2-6,8,13H,7H2,1H3. The molecule has 2 aromatic rings. The summed E-state index contributed by atoms with van der Waals surface area (Å²) in [6, 6.07) is 7.90. The smallest absolute Gasteiger partial charge is 0.134 e. The fourth-order valence-corrected chi connectivity index (χ4v) is 1.54. The molecule has 1 aromatic carbocycles. The molecule has 0 fully saturated rings. The van der Waals surface area contributed by atoms with Crippen molar-refractivity contribution in [3.63, 3.8) is 0 Å². The summed E-state index contributed by atoms with van der Waals surface area (Å²) >= 11 is 0. The number of aryl methyl sites for hydroxylation is 1. The van der Waals surface area contributed by atoms with Gasteiger partial charge < -0.3 is 9.52 Å². The van der Waals surface area contributed by atoms with Gasteiger partial charge >= 0.3 is 0 Å². The second-order valence-electron chi connectivity index (χ2n) is 3.20. The van der Waals surface area contributed by atoms with Gasteiger partial charge in [-0.25, -0.2) is 0 Å². The van der Waals surface area contributed by atoms with Crippen LogP contribution in [0.4, 0.5) is 0 Å². The van der Waals surface area contributed by atoms with Crippen molar-refractivity contribution in [2.75, 3.05) is 6.61 Å². The van der Waals surface area contributed by atoms with Gasteiger partial charge in [-0.2, -0.15) is 0 Å². The molecule has 0 amide bonds. The minimum atomic E-state index is 0.0627. The molecule has 0 atom stereocenters. The first-order chi connectivity index (χ1) is 6.81. The van der Waals surface area contributed by atoms with Crippen molar-refractivity contribution < 1.29 is 9.52 Å². The number of benzene rings is 1. The summed E-state index contributed by atoms with van der Waals surface area (Å²) < 4.78 is 5.49. The normalized spacial score (nSPS) is 11.6. The zero-order valence-corrected chi connectivity index (χ0v) is 8.03. The van der Waals surface area contributed by atoms with Crippen LogP contribution in [-0.4, -0.2) is 11.7 Å². The summed E-state index contributed by atoms with van der Waals surface area (Å²) in [6.07, 6.45) is 3.62. The number of hydrogen-bond acceptors (Lipinski definition) is 2. The number of aliphatic hydroxyl groups excluding tert-OH is 1. The predicted molar refractivity (Wildman–Crippen MR) is 57.1 cm³/mol. The number of fused-ring (bicyclic) bond motifs is 1. The Morgan fingerprint density at radius 2 is 2.29 bits per heavy atom. The summed E-state index contributed by atoms with van der Waals surface area (Å²) in [6.45, 7) is 1.99. The average Bonchev–Trinajstić information content (AvgIpc) is 2.55. The molecule has 1 heterocycles. The number of furan rings is 1. The van der Waals surface area contributed by atoms with Crippen molar-refractivity contribution in [1.82, 2.24) is 0 Å². The van der Waals surface area contributed by atoms with Crippen LogP contribution in [0.1, 0.15) is 11.3 Å². The van der Waals surface area contributed by atoms with Gasteiger partial charge in [0, 0.05) is 5.39 Å². The van der Waals surface area contributed by atoms with Crippen molar-refractivity contribution in [2.45, 2.75) is 6.92 Å². The van der Waals surface area contributed by atoms with E-state index in [1.54, 1.807) is 6.08 Å². The lowest BCUT2D eigenvalue weighted by atomic mass is 10.1. The fraction of sp³-hybridized carbons (Fsp3) is 0.167. The molecule has 2 heteroatoms. The minimum absolute atomic E-state index is 0.0627. The summed E-state index contributed by atoms with van der Waals surface area (Å²) in [5.74, 6) is 0.907. The van der Waals surface area contributed by atoms with E-state index in [0.717, 1.165) is 22.3 Å². The molecule has 1 N–H and O–H groups in total. The fourth-order valence-electron chi connectivity index (χ4n) is 1.54. The first-order valence-electron chi connectivity index (χ1n) is 4.58. The monoisotopic (exact) mass is 188 g/mol. The molecule has 0 aliphatic carbocycles. The number of aliphatic hydroxyl groups is 1. The highest BCUT2D eigenvalue weighted by Gasteiger charge is 2.02. The van der Waals surface area contributed by atoms with Gasteiger partial charge in [-0.05, 0) is 24.6 Å². The van der Waals surface area contributed by atoms with Crippen LogP contribution in [-0.2, 0) is 0 Å². The van der Waals surface area contributed by atoms with E-state index in [2.05, 4.69) is 0 Å². The van der Waals surface area contributed by atoms with E-state index in [9.17, 15) is 0 Å². The molecule has 2 nitrogen and oxygen atoms in total. The maximum Gasteiger partial charge on any atom is 0.134 e. The molecule has 0 bridgehead atoms. The first kappa shape index (κ1) is 9.03. The van der Waals surface area contributed by atoms with Gasteiger partial charge in [0.25, 0.3) is 0 Å². The van der Waals surface area contributed by atoms with E-state index in [-0.39, 0.29) is 6.61 Å². The van der Waals surface area contributed by atoms with Crippen LogP contribution in [0.3, 0.4) is 0 Å². The molecule has 14 heavy (non-hydrogen) atoms. The second-order valence-corrected chi connectivity index (χ2v) is 3.20. The van der Waals surface area contributed by atoms with Crippen molar-refractivity contribution in [3.05, 3.63) is 41.7 Å². The van der Waals surface area contributed by atoms with Gasteiger partial charge in [0.15, 0.2) is 0 Å². The third-order valence-electron chi connectivity index (χ3n) is 2.12. The first-order valence-corrected chi connectivity index (χ1v) is 4.58. The predicted octanol–water partition coefficient (Wildman–Crippen LogP) is 2.75.